The topological polar surface area (TPSA) is 96.5 Å². The Morgan fingerprint density at radius 3 is 2.42 bits per heavy atom. The van der Waals surface area contributed by atoms with E-state index >= 15 is 0 Å². The molecule has 138 valence electrons. The molecule has 26 heavy (non-hydrogen) atoms. The summed E-state index contributed by atoms with van der Waals surface area (Å²) >= 11 is 0. The standard InChI is InChI=1S/C16H14F3N3O4/c1-8-11(14(24)25)6-7-22(8)13(23)10-4-2-9(3-5-10)12-20-15(26-21-12)16(17,18)19/h2-5,8,11H,6-7H2,1H3,(H,24,25). The second kappa shape index (κ2) is 6.43. The van der Waals surface area contributed by atoms with Crippen LogP contribution in [0, 0.1) is 5.92 Å². The fourth-order valence-electron chi connectivity index (χ4n) is 2.94. The van der Waals surface area contributed by atoms with Gasteiger partial charge in [-0.25, -0.2) is 0 Å². The van der Waals surface area contributed by atoms with Crippen LogP contribution in [0.25, 0.3) is 11.4 Å². The Kier molecular flexibility index (Phi) is 4.43. The molecule has 0 aliphatic carbocycles. The first kappa shape index (κ1) is 17.9. The van der Waals surface area contributed by atoms with Crippen molar-refractivity contribution >= 4 is 11.9 Å². The zero-order valence-corrected chi connectivity index (χ0v) is 13.5. The van der Waals surface area contributed by atoms with Crippen molar-refractivity contribution in [2.75, 3.05) is 6.54 Å². The third-order valence-electron chi connectivity index (χ3n) is 4.39. The van der Waals surface area contributed by atoms with E-state index in [1.165, 1.54) is 29.2 Å². The van der Waals surface area contributed by atoms with Crippen molar-refractivity contribution in [2.24, 2.45) is 5.92 Å². The molecule has 2 atom stereocenters. The maximum atomic E-state index is 12.5. The highest BCUT2D eigenvalue weighted by atomic mass is 19.4. The molecule has 1 aromatic carbocycles. The number of rotatable bonds is 3. The van der Waals surface area contributed by atoms with E-state index in [9.17, 15) is 22.8 Å². The second-order valence-electron chi connectivity index (χ2n) is 5.97. The van der Waals surface area contributed by atoms with E-state index in [0.717, 1.165) is 0 Å². The summed E-state index contributed by atoms with van der Waals surface area (Å²) in [4.78, 5) is 28.5. The monoisotopic (exact) mass is 369 g/mol. The Morgan fingerprint density at radius 1 is 1.27 bits per heavy atom. The minimum Gasteiger partial charge on any atom is -0.481 e. The van der Waals surface area contributed by atoms with E-state index in [1.54, 1.807) is 6.92 Å². The van der Waals surface area contributed by atoms with Gasteiger partial charge in [-0.2, -0.15) is 18.2 Å². The number of nitrogens with zero attached hydrogens (tertiary/aromatic N) is 3. The number of aromatic nitrogens is 2. The lowest BCUT2D eigenvalue weighted by Gasteiger charge is -2.23. The van der Waals surface area contributed by atoms with Crippen molar-refractivity contribution < 1.29 is 32.4 Å². The number of hydrogen-bond acceptors (Lipinski definition) is 5. The molecule has 1 N–H and O–H groups in total. The second-order valence-corrected chi connectivity index (χ2v) is 5.97. The van der Waals surface area contributed by atoms with Gasteiger partial charge >= 0.3 is 18.0 Å². The number of likely N-dealkylation sites (tertiary alicyclic amines) is 1. The summed E-state index contributed by atoms with van der Waals surface area (Å²) in [6, 6.07) is 5.25. The maximum absolute atomic E-state index is 12.5. The SMILES string of the molecule is CC1C(C(=O)O)CCN1C(=O)c1ccc(-c2noc(C(F)(F)F)n2)cc1. The summed E-state index contributed by atoms with van der Waals surface area (Å²) in [5.74, 6) is -3.58. The van der Waals surface area contributed by atoms with Crippen molar-refractivity contribution in [1.29, 1.82) is 0 Å². The molecule has 1 aliphatic rings. The van der Waals surface area contributed by atoms with E-state index in [4.69, 9.17) is 5.11 Å². The van der Waals surface area contributed by atoms with Gasteiger partial charge in [-0.3, -0.25) is 9.59 Å². The molecule has 0 bridgehead atoms. The third-order valence-corrected chi connectivity index (χ3v) is 4.39. The highest BCUT2D eigenvalue weighted by Gasteiger charge is 2.39. The molecule has 2 heterocycles. The van der Waals surface area contributed by atoms with Crippen LogP contribution in [-0.4, -0.2) is 44.6 Å². The first-order chi connectivity index (χ1) is 12.2. The normalized spacial score (nSPS) is 20.4. The average Bonchev–Trinajstić information content (AvgIpc) is 3.21. The number of carbonyl (C=O) groups excluding carboxylic acids is 1. The lowest BCUT2D eigenvalue weighted by Crippen LogP contribution is -2.37. The predicted molar refractivity (Wildman–Crippen MR) is 81.0 cm³/mol. The Balaban J connectivity index is 1.77. The number of halogens is 3. The Morgan fingerprint density at radius 2 is 1.92 bits per heavy atom. The third kappa shape index (κ3) is 3.26. The molecule has 2 unspecified atom stereocenters. The van der Waals surface area contributed by atoms with E-state index in [-0.39, 0.29) is 17.3 Å². The lowest BCUT2D eigenvalue weighted by molar-refractivity contribution is -0.159. The number of benzene rings is 1. The summed E-state index contributed by atoms with van der Waals surface area (Å²) in [5, 5.41) is 12.4. The Labute approximate surface area is 145 Å². The first-order valence-electron chi connectivity index (χ1n) is 7.73. The molecule has 0 saturated carbocycles. The fraction of sp³-hybridized carbons (Fsp3) is 0.375. The summed E-state index contributed by atoms with van der Waals surface area (Å²) < 4.78 is 41.7. The van der Waals surface area contributed by atoms with Crippen molar-refractivity contribution in [2.45, 2.75) is 25.6 Å². The van der Waals surface area contributed by atoms with Crippen LogP contribution in [0.1, 0.15) is 29.6 Å². The van der Waals surface area contributed by atoms with Gasteiger partial charge in [0, 0.05) is 23.7 Å². The summed E-state index contributed by atoms with van der Waals surface area (Å²) in [6.45, 7) is 2.01. The fourth-order valence-corrected chi connectivity index (χ4v) is 2.94. The lowest BCUT2D eigenvalue weighted by atomic mass is 10.0. The van der Waals surface area contributed by atoms with E-state index in [2.05, 4.69) is 14.7 Å². The summed E-state index contributed by atoms with van der Waals surface area (Å²) in [5.41, 5.74) is 0.560. The van der Waals surface area contributed by atoms with Crippen molar-refractivity contribution in [3.05, 3.63) is 35.7 Å². The molecule has 7 nitrogen and oxygen atoms in total. The molecule has 0 radical (unpaired) electrons. The van der Waals surface area contributed by atoms with Crippen LogP contribution in [-0.2, 0) is 11.0 Å². The van der Waals surface area contributed by atoms with Gasteiger partial charge in [-0.05, 0) is 25.5 Å². The van der Waals surface area contributed by atoms with Crippen molar-refractivity contribution in [3.8, 4) is 11.4 Å². The maximum Gasteiger partial charge on any atom is 0.471 e. The molecule has 1 aliphatic heterocycles. The van der Waals surface area contributed by atoms with E-state index in [0.29, 0.717) is 18.5 Å². The Bertz CT molecular complexity index is 832. The van der Waals surface area contributed by atoms with E-state index < -0.39 is 30.0 Å². The molecule has 1 amide bonds. The quantitative estimate of drug-likeness (QED) is 0.894. The van der Waals surface area contributed by atoms with Crippen LogP contribution in [0.5, 0.6) is 0 Å². The summed E-state index contributed by atoms with van der Waals surface area (Å²) in [6.07, 6.45) is -4.35. The Hall–Kier alpha value is -2.91. The zero-order chi connectivity index (χ0) is 19.1. The van der Waals surface area contributed by atoms with Gasteiger partial charge in [0.15, 0.2) is 0 Å². The largest absolute Gasteiger partial charge is 0.481 e. The van der Waals surface area contributed by atoms with Crippen molar-refractivity contribution in [1.82, 2.24) is 15.0 Å². The number of hydrogen-bond donors (Lipinski definition) is 1. The van der Waals surface area contributed by atoms with Crippen LogP contribution in [0.2, 0.25) is 0 Å². The van der Waals surface area contributed by atoms with Gasteiger partial charge in [0.1, 0.15) is 0 Å². The number of carboxylic acid groups (broad SMARTS) is 1. The number of aliphatic carboxylic acids is 1. The molecule has 1 saturated heterocycles. The highest BCUT2D eigenvalue weighted by Crippen LogP contribution is 2.30. The minimum atomic E-state index is -4.73. The van der Waals surface area contributed by atoms with Crippen LogP contribution in [0.3, 0.4) is 0 Å². The predicted octanol–water partition coefficient (Wildman–Crippen LogP) is 2.69. The summed E-state index contributed by atoms with van der Waals surface area (Å²) in [7, 11) is 0. The van der Waals surface area contributed by atoms with Gasteiger partial charge in [-0.15, -0.1) is 0 Å². The number of amides is 1. The molecular formula is C16H14F3N3O4. The molecule has 0 spiro atoms. The molecule has 1 fully saturated rings. The minimum absolute atomic E-state index is 0.239. The molecule has 1 aromatic heterocycles. The van der Waals surface area contributed by atoms with Gasteiger partial charge in [0.05, 0.1) is 5.92 Å². The number of carboxylic acids is 1. The van der Waals surface area contributed by atoms with Gasteiger partial charge < -0.3 is 14.5 Å². The molecular weight excluding hydrogens is 355 g/mol. The highest BCUT2D eigenvalue weighted by molar-refractivity contribution is 5.95. The molecule has 10 heteroatoms. The van der Waals surface area contributed by atoms with Crippen LogP contribution in [0.4, 0.5) is 13.2 Å². The molecule has 3 rings (SSSR count). The van der Waals surface area contributed by atoms with Crippen LogP contribution < -0.4 is 0 Å². The van der Waals surface area contributed by atoms with Crippen molar-refractivity contribution in [3.63, 3.8) is 0 Å². The smallest absolute Gasteiger partial charge is 0.471 e. The van der Waals surface area contributed by atoms with Gasteiger partial charge in [-0.1, -0.05) is 17.3 Å². The average molecular weight is 369 g/mol. The number of alkyl halides is 3. The number of carbonyl (C=O) groups is 2. The van der Waals surface area contributed by atoms with Crippen LogP contribution in [0.15, 0.2) is 28.8 Å². The van der Waals surface area contributed by atoms with Gasteiger partial charge in [0.25, 0.3) is 5.91 Å². The zero-order valence-electron chi connectivity index (χ0n) is 13.5. The van der Waals surface area contributed by atoms with Crippen LogP contribution >= 0.6 is 0 Å². The first-order valence-corrected chi connectivity index (χ1v) is 7.73. The van der Waals surface area contributed by atoms with Gasteiger partial charge in [0.2, 0.25) is 5.82 Å². The van der Waals surface area contributed by atoms with E-state index in [1.807, 2.05) is 0 Å². The molecule has 2 aromatic rings.